The molecule has 28 heavy (non-hydrogen) atoms. The van der Waals surface area contributed by atoms with Crippen molar-refractivity contribution in [1.29, 1.82) is 0 Å². The number of hydrogen-bond acceptors (Lipinski definition) is 3. The Balaban J connectivity index is 1.80. The fourth-order valence-electron chi connectivity index (χ4n) is 2.41. The molecule has 0 aliphatic carbocycles. The quantitative estimate of drug-likeness (QED) is 0.578. The first-order chi connectivity index (χ1) is 13.5. The molecule has 0 saturated carbocycles. The smallest absolute Gasteiger partial charge is 0.352 e. The van der Waals surface area contributed by atoms with E-state index in [4.69, 9.17) is 16.3 Å². The average molecular weight is 394 g/mol. The van der Waals surface area contributed by atoms with Crippen LogP contribution in [0.25, 0.3) is 6.08 Å². The van der Waals surface area contributed by atoms with Crippen LogP contribution in [-0.4, -0.2) is 17.0 Å². The second-order valence-electron chi connectivity index (χ2n) is 5.81. The molecular formula is C22H16ClNO4. The SMILES string of the molecule is O=C(O)/C(=C\c1cccc(Oc2ccc(Cl)cc2)c1)NC(=O)c1ccccc1. The Morgan fingerprint density at radius 3 is 2.29 bits per heavy atom. The third-order valence-corrected chi connectivity index (χ3v) is 3.98. The van der Waals surface area contributed by atoms with Gasteiger partial charge < -0.3 is 15.2 Å². The van der Waals surface area contributed by atoms with Crippen molar-refractivity contribution in [2.45, 2.75) is 0 Å². The van der Waals surface area contributed by atoms with E-state index in [0.29, 0.717) is 27.6 Å². The summed E-state index contributed by atoms with van der Waals surface area (Å²) in [6, 6.07) is 22.1. The van der Waals surface area contributed by atoms with Gasteiger partial charge in [-0.25, -0.2) is 4.79 Å². The summed E-state index contributed by atoms with van der Waals surface area (Å²) in [7, 11) is 0. The van der Waals surface area contributed by atoms with Gasteiger partial charge in [-0.05, 0) is 60.2 Å². The predicted octanol–water partition coefficient (Wildman–Crippen LogP) is 4.99. The normalized spacial score (nSPS) is 11.0. The van der Waals surface area contributed by atoms with Gasteiger partial charge >= 0.3 is 5.97 Å². The second-order valence-corrected chi connectivity index (χ2v) is 6.25. The minimum absolute atomic E-state index is 0.238. The molecule has 0 aromatic heterocycles. The highest BCUT2D eigenvalue weighted by Crippen LogP contribution is 2.24. The van der Waals surface area contributed by atoms with Gasteiger partial charge in [0.15, 0.2) is 0 Å². The molecule has 5 nitrogen and oxygen atoms in total. The lowest BCUT2D eigenvalue weighted by atomic mass is 10.1. The van der Waals surface area contributed by atoms with E-state index >= 15 is 0 Å². The van der Waals surface area contributed by atoms with Gasteiger partial charge in [0.1, 0.15) is 17.2 Å². The summed E-state index contributed by atoms with van der Waals surface area (Å²) in [6.45, 7) is 0. The van der Waals surface area contributed by atoms with E-state index in [9.17, 15) is 14.7 Å². The van der Waals surface area contributed by atoms with Gasteiger partial charge in [-0.15, -0.1) is 0 Å². The average Bonchev–Trinajstić information content (AvgIpc) is 2.70. The third-order valence-electron chi connectivity index (χ3n) is 3.73. The number of carbonyl (C=O) groups is 2. The molecule has 3 aromatic rings. The van der Waals surface area contributed by atoms with E-state index in [1.54, 1.807) is 78.9 Å². The summed E-state index contributed by atoms with van der Waals surface area (Å²) >= 11 is 5.86. The van der Waals surface area contributed by atoms with Crippen molar-refractivity contribution in [1.82, 2.24) is 5.32 Å². The van der Waals surface area contributed by atoms with Crippen LogP contribution < -0.4 is 10.1 Å². The molecule has 0 fully saturated rings. The van der Waals surface area contributed by atoms with Crippen molar-refractivity contribution < 1.29 is 19.4 Å². The maximum absolute atomic E-state index is 12.2. The second kappa shape index (κ2) is 8.88. The van der Waals surface area contributed by atoms with Gasteiger partial charge in [0.2, 0.25) is 0 Å². The minimum Gasteiger partial charge on any atom is -0.477 e. The Labute approximate surface area is 166 Å². The monoisotopic (exact) mass is 393 g/mol. The number of halogens is 1. The first-order valence-electron chi connectivity index (χ1n) is 8.36. The van der Waals surface area contributed by atoms with Crippen LogP contribution in [-0.2, 0) is 4.79 Å². The molecule has 3 aromatic carbocycles. The Bertz CT molecular complexity index is 1010. The van der Waals surface area contributed by atoms with Crippen LogP contribution in [0, 0.1) is 0 Å². The Morgan fingerprint density at radius 2 is 1.61 bits per heavy atom. The number of hydrogen-bond donors (Lipinski definition) is 2. The molecule has 1 amide bonds. The number of benzene rings is 3. The zero-order chi connectivity index (χ0) is 19.9. The molecule has 0 saturated heterocycles. The molecule has 0 aliphatic heterocycles. The minimum atomic E-state index is -1.24. The summed E-state index contributed by atoms with van der Waals surface area (Å²) in [6.07, 6.45) is 1.37. The number of nitrogens with one attached hydrogen (secondary N) is 1. The standard InChI is InChI=1S/C22H16ClNO4/c23-17-9-11-18(12-10-17)28-19-8-4-5-15(13-19)14-20(22(26)27)24-21(25)16-6-2-1-3-7-16/h1-14H,(H,24,25)(H,26,27)/b20-14+. The van der Waals surface area contributed by atoms with E-state index in [-0.39, 0.29) is 5.70 Å². The Morgan fingerprint density at radius 1 is 0.893 bits per heavy atom. The maximum Gasteiger partial charge on any atom is 0.352 e. The third kappa shape index (κ3) is 5.22. The molecule has 0 spiro atoms. The zero-order valence-corrected chi connectivity index (χ0v) is 15.4. The highest BCUT2D eigenvalue weighted by atomic mass is 35.5. The lowest BCUT2D eigenvalue weighted by molar-refractivity contribution is -0.132. The summed E-state index contributed by atoms with van der Waals surface area (Å²) in [5.74, 6) is -0.618. The summed E-state index contributed by atoms with van der Waals surface area (Å²) in [4.78, 5) is 23.8. The van der Waals surface area contributed by atoms with E-state index in [1.807, 2.05) is 0 Å². The van der Waals surface area contributed by atoms with Gasteiger partial charge in [-0.2, -0.15) is 0 Å². The van der Waals surface area contributed by atoms with Crippen molar-refractivity contribution >= 4 is 29.6 Å². The highest BCUT2D eigenvalue weighted by molar-refractivity contribution is 6.30. The van der Waals surface area contributed by atoms with Crippen molar-refractivity contribution in [3.63, 3.8) is 0 Å². The number of rotatable bonds is 6. The summed E-state index contributed by atoms with van der Waals surface area (Å²) in [5.41, 5.74) is 0.698. The number of amides is 1. The topological polar surface area (TPSA) is 75.6 Å². The lowest BCUT2D eigenvalue weighted by Crippen LogP contribution is -2.27. The maximum atomic E-state index is 12.2. The molecule has 0 aliphatic rings. The van der Waals surface area contributed by atoms with Crippen LogP contribution >= 0.6 is 11.6 Å². The lowest BCUT2D eigenvalue weighted by Gasteiger charge is -2.08. The highest BCUT2D eigenvalue weighted by Gasteiger charge is 2.13. The van der Waals surface area contributed by atoms with Crippen LogP contribution in [0.4, 0.5) is 0 Å². The van der Waals surface area contributed by atoms with Crippen LogP contribution in [0.15, 0.2) is 84.6 Å². The molecule has 3 rings (SSSR count). The van der Waals surface area contributed by atoms with Gasteiger partial charge in [0.25, 0.3) is 5.91 Å². The number of aliphatic carboxylic acids is 1. The number of carbonyl (C=O) groups excluding carboxylic acids is 1. The van der Waals surface area contributed by atoms with Gasteiger partial charge in [0, 0.05) is 10.6 Å². The molecule has 0 atom stereocenters. The van der Waals surface area contributed by atoms with Gasteiger partial charge in [0.05, 0.1) is 0 Å². The Hall–Kier alpha value is -3.57. The summed E-state index contributed by atoms with van der Waals surface area (Å²) < 4.78 is 5.74. The number of carboxylic acid groups (broad SMARTS) is 1. The van der Waals surface area contributed by atoms with Crippen LogP contribution in [0.3, 0.4) is 0 Å². The van der Waals surface area contributed by atoms with Crippen molar-refractivity contribution in [2.75, 3.05) is 0 Å². The molecule has 2 N–H and O–H groups in total. The van der Waals surface area contributed by atoms with Crippen LogP contribution in [0.2, 0.25) is 5.02 Å². The fourth-order valence-corrected chi connectivity index (χ4v) is 2.53. The van der Waals surface area contributed by atoms with Crippen molar-refractivity contribution in [3.8, 4) is 11.5 Å². The Kier molecular flexibility index (Phi) is 6.09. The van der Waals surface area contributed by atoms with Gasteiger partial charge in [-0.1, -0.05) is 41.9 Å². The van der Waals surface area contributed by atoms with Crippen molar-refractivity contribution in [2.24, 2.45) is 0 Å². The van der Waals surface area contributed by atoms with E-state index in [2.05, 4.69) is 5.32 Å². The predicted molar refractivity (Wildman–Crippen MR) is 107 cm³/mol. The molecule has 0 unspecified atom stereocenters. The van der Waals surface area contributed by atoms with E-state index < -0.39 is 11.9 Å². The molecule has 6 heteroatoms. The zero-order valence-electron chi connectivity index (χ0n) is 14.6. The molecule has 140 valence electrons. The van der Waals surface area contributed by atoms with Gasteiger partial charge in [-0.3, -0.25) is 4.79 Å². The molecular weight excluding hydrogens is 378 g/mol. The fraction of sp³-hybridized carbons (Fsp3) is 0. The van der Waals surface area contributed by atoms with E-state index in [0.717, 1.165) is 0 Å². The number of carboxylic acids is 1. The van der Waals surface area contributed by atoms with Crippen LogP contribution in [0.5, 0.6) is 11.5 Å². The largest absolute Gasteiger partial charge is 0.477 e. The number of ether oxygens (including phenoxy) is 1. The first-order valence-corrected chi connectivity index (χ1v) is 8.74. The molecule has 0 radical (unpaired) electrons. The molecule has 0 bridgehead atoms. The van der Waals surface area contributed by atoms with Crippen LogP contribution in [0.1, 0.15) is 15.9 Å². The molecule has 0 heterocycles. The van der Waals surface area contributed by atoms with Crippen molar-refractivity contribution in [3.05, 3.63) is 101 Å². The summed E-state index contributed by atoms with van der Waals surface area (Å²) in [5, 5.41) is 12.5. The first kappa shape index (κ1) is 19.2. The van der Waals surface area contributed by atoms with E-state index in [1.165, 1.54) is 6.08 Å².